The van der Waals surface area contributed by atoms with Gasteiger partial charge in [-0.3, -0.25) is 9.59 Å². The second kappa shape index (κ2) is 11.3. The molecule has 0 saturated heterocycles. The van der Waals surface area contributed by atoms with Crippen LogP contribution in [-0.2, 0) is 21.5 Å². The van der Waals surface area contributed by atoms with Gasteiger partial charge >= 0.3 is 10.2 Å². The molecule has 2 aliphatic carbocycles. The van der Waals surface area contributed by atoms with Crippen LogP contribution >= 0.6 is 11.6 Å². The third-order valence-electron chi connectivity index (χ3n) is 8.76. The molecule has 0 atom stereocenters. The van der Waals surface area contributed by atoms with E-state index in [1.807, 2.05) is 18.2 Å². The zero-order chi connectivity index (χ0) is 28.7. The van der Waals surface area contributed by atoms with Crippen molar-refractivity contribution in [2.75, 3.05) is 13.6 Å². The Labute approximate surface area is 246 Å². The highest BCUT2D eigenvalue weighted by molar-refractivity contribution is 7.87. The molecule has 4 aliphatic rings. The molecular formula is C31H35ClN4O4S. The van der Waals surface area contributed by atoms with Crippen LogP contribution < -0.4 is 4.72 Å². The van der Waals surface area contributed by atoms with E-state index in [4.69, 9.17) is 11.6 Å². The summed E-state index contributed by atoms with van der Waals surface area (Å²) in [7, 11) is -2.56. The van der Waals surface area contributed by atoms with Crippen molar-refractivity contribution in [2.24, 2.45) is 4.99 Å². The number of nitrogens with zero attached hydrogens (tertiary/aromatic N) is 3. The monoisotopic (exact) mass is 594 g/mol. The Bertz CT molecular complexity index is 1660. The highest BCUT2D eigenvalue weighted by atomic mass is 35.5. The minimum Gasteiger partial charge on any atom is -0.336 e. The van der Waals surface area contributed by atoms with E-state index >= 15 is 0 Å². The zero-order valence-electron chi connectivity index (χ0n) is 23.3. The maximum Gasteiger partial charge on any atom is 0.303 e. The molecule has 6 rings (SSSR count). The van der Waals surface area contributed by atoms with Crippen LogP contribution in [0.3, 0.4) is 0 Å². The van der Waals surface area contributed by atoms with E-state index < -0.39 is 16.1 Å². The van der Waals surface area contributed by atoms with Gasteiger partial charge in [0.05, 0.1) is 12.2 Å². The Balaban J connectivity index is 1.60. The van der Waals surface area contributed by atoms with Crippen LogP contribution in [0.2, 0.25) is 0 Å². The fourth-order valence-corrected chi connectivity index (χ4v) is 7.67. The number of aromatic nitrogens is 1. The first-order chi connectivity index (χ1) is 19.7. The predicted molar refractivity (Wildman–Crippen MR) is 162 cm³/mol. The summed E-state index contributed by atoms with van der Waals surface area (Å²) in [4.78, 5) is 31.0. The highest BCUT2D eigenvalue weighted by Crippen LogP contribution is 2.47. The van der Waals surface area contributed by atoms with Crippen molar-refractivity contribution in [2.45, 2.75) is 76.7 Å². The summed E-state index contributed by atoms with van der Waals surface area (Å²) in [5.74, 6) is -0.612. The number of nitrogens with one attached hydrogen (secondary N) is 1. The number of rotatable bonds is 1. The minimum absolute atomic E-state index is 0.249. The van der Waals surface area contributed by atoms with Gasteiger partial charge in [-0.1, -0.05) is 36.9 Å². The van der Waals surface area contributed by atoms with Crippen LogP contribution in [0.5, 0.6) is 0 Å². The summed E-state index contributed by atoms with van der Waals surface area (Å²) < 4.78 is 31.3. The summed E-state index contributed by atoms with van der Waals surface area (Å²) in [6, 6.07) is 5.41. The maximum atomic E-state index is 13.5. The molecule has 1 aromatic heterocycles. The van der Waals surface area contributed by atoms with E-state index in [2.05, 4.69) is 14.3 Å². The van der Waals surface area contributed by atoms with Crippen molar-refractivity contribution in [1.29, 1.82) is 0 Å². The topological polar surface area (TPSA) is 101 Å². The Morgan fingerprint density at radius 1 is 1.02 bits per heavy atom. The lowest BCUT2D eigenvalue weighted by Crippen LogP contribution is -2.41. The summed E-state index contributed by atoms with van der Waals surface area (Å²) in [6.45, 7) is 0.553. The van der Waals surface area contributed by atoms with E-state index in [1.54, 1.807) is 18.3 Å². The van der Waals surface area contributed by atoms with Crippen LogP contribution in [-0.4, -0.2) is 48.9 Å². The Hall–Kier alpha value is -3.01. The number of benzene rings is 1. The molecule has 8 nitrogen and oxygen atoms in total. The van der Waals surface area contributed by atoms with Gasteiger partial charge in [-0.2, -0.15) is 12.7 Å². The second-order valence-corrected chi connectivity index (χ2v) is 13.7. The standard InChI is InChI=1S/C31H35ClN4O4S/c1-35-15-7-3-6-14-33-30(37)23-16-21-10-12-24(32)18-26(21)29-28(20-8-4-2-5-9-20)25-13-11-22(17-27(25)36(29)19-23)31(38)34-41(35,39)40/h11,13-14,16-18,20H,2-10,12,15,19H2,1H3,(H,34,38). The molecule has 2 amide bonds. The number of fused-ring (bicyclic) bond motifs is 3. The van der Waals surface area contributed by atoms with Gasteiger partial charge < -0.3 is 4.57 Å². The molecule has 10 heteroatoms. The number of allylic oxidation sites excluding steroid dienone is 5. The van der Waals surface area contributed by atoms with Gasteiger partial charge in [-0.25, -0.2) is 9.71 Å². The van der Waals surface area contributed by atoms with Crippen LogP contribution in [0, 0.1) is 0 Å². The Morgan fingerprint density at radius 3 is 2.63 bits per heavy atom. The molecule has 41 heavy (non-hydrogen) atoms. The fraction of sp³-hybridized carbons (Fsp3) is 0.452. The molecule has 2 aromatic rings. The number of halogens is 1. The maximum absolute atomic E-state index is 13.5. The molecule has 0 unspecified atom stereocenters. The van der Waals surface area contributed by atoms with Crippen molar-refractivity contribution in [3.63, 3.8) is 0 Å². The molecule has 1 aromatic carbocycles. The van der Waals surface area contributed by atoms with Crippen LogP contribution in [0.1, 0.15) is 91.7 Å². The van der Waals surface area contributed by atoms with Crippen LogP contribution in [0.15, 0.2) is 51.5 Å². The average Bonchev–Trinajstić information content (AvgIpc) is 3.17. The summed E-state index contributed by atoms with van der Waals surface area (Å²) in [5.41, 5.74) is 6.02. The smallest absolute Gasteiger partial charge is 0.303 e. The number of amides is 2. The molecule has 3 heterocycles. The lowest BCUT2D eigenvalue weighted by Gasteiger charge is -2.25. The lowest BCUT2D eigenvalue weighted by atomic mass is 9.80. The lowest BCUT2D eigenvalue weighted by molar-refractivity contribution is -0.114. The van der Waals surface area contributed by atoms with Gasteiger partial charge in [0, 0.05) is 52.5 Å². The van der Waals surface area contributed by atoms with Gasteiger partial charge in [-0.05, 0) is 86.3 Å². The number of hydrogen-bond acceptors (Lipinski definition) is 4. The molecule has 4 bridgehead atoms. The zero-order valence-corrected chi connectivity index (χ0v) is 24.9. The van der Waals surface area contributed by atoms with Crippen LogP contribution in [0.4, 0.5) is 0 Å². The number of hydrogen-bond donors (Lipinski definition) is 1. The summed E-state index contributed by atoms with van der Waals surface area (Å²) in [6.07, 6.45) is 14.6. The largest absolute Gasteiger partial charge is 0.336 e. The minimum atomic E-state index is -4.01. The van der Waals surface area contributed by atoms with E-state index in [0.29, 0.717) is 43.7 Å². The number of aliphatic imine (C=N–C) groups is 1. The SMILES string of the molecule is CN1CCCCC=NC(=O)C2=CC3=C(C=C(Cl)CC3)c3c(C4CCCCC4)c4ccc(cc4n3C2)C(=O)NS1(=O)=O. The first-order valence-electron chi connectivity index (χ1n) is 14.5. The van der Waals surface area contributed by atoms with Gasteiger partial charge in [0.15, 0.2) is 0 Å². The molecule has 216 valence electrons. The number of carbonyl (C=O) groups is 2. The van der Waals surface area contributed by atoms with E-state index in [-0.39, 0.29) is 18.0 Å². The van der Waals surface area contributed by atoms with E-state index in [0.717, 1.165) is 69.2 Å². The average molecular weight is 595 g/mol. The van der Waals surface area contributed by atoms with Crippen LogP contribution in [0.25, 0.3) is 16.5 Å². The third-order valence-corrected chi connectivity index (χ3v) is 10.5. The van der Waals surface area contributed by atoms with Gasteiger partial charge in [-0.15, -0.1) is 0 Å². The van der Waals surface area contributed by atoms with Crippen molar-refractivity contribution < 1.29 is 18.0 Å². The van der Waals surface area contributed by atoms with E-state index in [9.17, 15) is 18.0 Å². The third kappa shape index (κ3) is 5.47. The van der Waals surface area contributed by atoms with Gasteiger partial charge in [0.1, 0.15) is 0 Å². The quantitative estimate of drug-likeness (QED) is 0.438. The van der Waals surface area contributed by atoms with Crippen molar-refractivity contribution in [3.05, 3.63) is 63.4 Å². The Kier molecular flexibility index (Phi) is 7.78. The first-order valence-corrected chi connectivity index (χ1v) is 16.4. The second-order valence-electron chi connectivity index (χ2n) is 11.5. The molecule has 1 fully saturated rings. The molecule has 1 saturated carbocycles. The van der Waals surface area contributed by atoms with Crippen molar-refractivity contribution in [1.82, 2.24) is 13.6 Å². The van der Waals surface area contributed by atoms with Crippen molar-refractivity contribution in [3.8, 4) is 0 Å². The molecule has 0 spiro atoms. The molecular weight excluding hydrogens is 560 g/mol. The fourth-order valence-electron chi connectivity index (χ4n) is 6.59. The Morgan fingerprint density at radius 2 is 1.83 bits per heavy atom. The highest BCUT2D eigenvalue weighted by Gasteiger charge is 2.32. The van der Waals surface area contributed by atoms with Gasteiger partial charge in [0.25, 0.3) is 11.8 Å². The normalized spacial score (nSPS) is 22.8. The van der Waals surface area contributed by atoms with E-state index in [1.165, 1.54) is 19.0 Å². The van der Waals surface area contributed by atoms with Gasteiger partial charge in [0.2, 0.25) is 0 Å². The van der Waals surface area contributed by atoms with Crippen molar-refractivity contribution >= 4 is 56.3 Å². The summed E-state index contributed by atoms with van der Waals surface area (Å²) >= 11 is 6.63. The first kappa shape index (κ1) is 28.1. The predicted octanol–water partition coefficient (Wildman–Crippen LogP) is 5.99. The molecule has 2 aliphatic heterocycles. The number of carbonyl (C=O) groups excluding carboxylic acids is 2. The molecule has 1 N–H and O–H groups in total. The molecule has 0 radical (unpaired) electrons. The summed E-state index contributed by atoms with van der Waals surface area (Å²) in [5, 5.41) is 1.81.